The number of halogens is 1. The van der Waals surface area contributed by atoms with E-state index in [1.54, 1.807) is 24.5 Å². The van der Waals surface area contributed by atoms with Crippen molar-refractivity contribution in [3.8, 4) is 0 Å². The predicted molar refractivity (Wildman–Crippen MR) is 98.3 cm³/mol. The molecular formula is C17H17ClN4O3S. The lowest BCUT2D eigenvalue weighted by Crippen LogP contribution is -2.44. The SMILES string of the molecule is O=C(N/N=C\c1cccnc1)[C@@H]1CCCN1S(=O)(=O)c1ccc(Cl)cc1. The number of hydrazone groups is 1. The van der Waals surface area contributed by atoms with E-state index in [9.17, 15) is 13.2 Å². The Morgan fingerprint density at radius 3 is 2.77 bits per heavy atom. The molecule has 2 heterocycles. The van der Waals surface area contributed by atoms with Crippen LogP contribution in [0.4, 0.5) is 0 Å². The Morgan fingerprint density at radius 1 is 1.31 bits per heavy atom. The zero-order chi connectivity index (χ0) is 18.6. The van der Waals surface area contributed by atoms with Crippen molar-refractivity contribution in [3.63, 3.8) is 0 Å². The van der Waals surface area contributed by atoms with Gasteiger partial charge in [-0.25, -0.2) is 13.8 Å². The van der Waals surface area contributed by atoms with E-state index in [1.807, 2.05) is 0 Å². The number of benzene rings is 1. The number of nitrogens with zero attached hydrogens (tertiary/aromatic N) is 3. The molecule has 3 rings (SSSR count). The number of sulfonamides is 1. The molecule has 7 nitrogen and oxygen atoms in total. The first kappa shape index (κ1) is 18.5. The molecule has 0 unspecified atom stereocenters. The maximum atomic E-state index is 12.8. The zero-order valence-electron chi connectivity index (χ0n) is 13.7. The highest BCUT2D eigenvalue weighted by molar-refractivity contribution is 7.89. The average Bonchev–Trinajstić information content (AvgIpc) is 3.14. The van der Waals surface area contributed by atoms with Crippen LogP contribution in [0.25, 0.3) is 0 Å². The quantitative estimate of drug-likeness (QED) is 0.622. The number of hydrogen-bond donors (Lipinski definition) is 1. The first-order valence-corrected chi connectivity index (χ1v) is 9.80. The minimum absolute atomic E-state index is 0.112. The van der Waals surface area contributed by atoms with E-state index >= 15 is 0 Å². The van der Waals surface area contributed by atoms with E-state index in [2.05, 4.69) is 15.5 Å². The molecule has 26 heavy (non-hydrogen) atoms. The van der Waals surface area contributed by atoms with Gasteiger partial charge in [0.1, 0.15) is 6.04 Å². The summed E-state index contributed by atoms with van der Waals surface area (Å²) >= 11 is 5.82. The van der Waals surface area contributed by atoms with Gasteiger partial charge in [0.15, 0.2) is 0 Å². The second-order valence-electron chi connectivity index (χ2n) is 5.75. The standard InChI is InChI=1S/C17H17ClN4O3S/c18-14-5-7-15(8-6-14)26(24,25)22-10-2-4-16(22)17(23)21-20-12-13-3-1-9-19-11-13/h1,3,5-9,11-12,16H,2,4,10H2,(H,21,23)/b20-12-/t16-/m0/s1. The second kappa shape index (κ2) is 7.94. The van der Waals surface area contributed by atoms with Gasteiger partial charge in [-0.1, -0.05) is 17.7 Å². The van der Waals surface area contributed by atoms with Gasteiger partial charge in [-0.3, -0.25) is 9.78 Å². The molecule has 1 saturated heterocycles. The van der Waals surface area contributed by atoms with Gasteiger partial charge in [0, 0.05) is 29.5 Å². The number of pyridine rings is 1. The summed E-state index contributed by atoms with van der Waals surface area (Å²) in [6.07, 6.45) is 5.74. The summed E-state index contributed by atoms with van der Waals surface area (Å²) in [4.78, 5) is 16.5. The molecule has 9 heteroatoms. The van der Waals surface area contributed by atoms with Gasteiger partial charge >= 0.3 is 0 Å². The summed E-state index contributed by atoms with van der Waals surface area (Å²) in [7, 11) is -3.77. The third kappa shape index (κ3) is 4.09. The van der Waals surface area contributed by atoms with E-state index in [4.69, 9.17) is 11.6 Å². The van der Waals surface area contributed by atoms with Crippen molar-refractivity contribution in [2.75, 3.05) is 6.54 Å². The number of hydrogen-bond acceptors (Lipinski definition) is 5. The summed E-state index contributed by atoms with van der Waals surface area (Å²) in [5.41, 5.74) is 3.14. The molecule has 136 valence electrons. The highest BCUT2D eigenvalue weighted by Crippen LogP contribution is 2.27. The summed E-state index contributed by atoms with van der Waals surface area (Å²) in [6.45, 7) is 0.287. The highest BCUT2D eigenvalue weighted by Gasteiger charge is 2.39. The molecule has 0 radical (unpaired) electrons. The first-order chi connectivity index (χ1) is 12.5. The largest absolute Gasteiger partial charge is 0.271 e. The Balaban J connectivity index is 1.72. The van der Waals surface area contributed by atoms with Gasteiger partial charge in [-0.05, 0) is 43.2 Å². The van der Waals surface area contributed by atoms with Crippen LogP contribution < -0.4 is 5.43 Å². The van der Waals surface area contributed by atoms with Crippen LogP contribution in [0.15, 0.2) is 58.8 Å². The van der Waals surface area contributed by atoms with Crippen LogP contribution in [0.5, 0.6) is 0 Å². The molecule has 2 aromatic rings. The molecular weight excluding hydrogens is 376 g/mol. The molecule has 1 aromatic heterocycles. The molecule has 0 saturated carbocycles. The number of carbonyl (C=O) groups excluding carboxylic acids is 1. The van der Waals surface area contributed by atoms with Crippen LogP contribution in [0.2, 0.25) is 5.02 Å². The van der Waals surface area contributed by atoms with Crippen molar-refractivity contribution in [1.82, 2.24) is 14.7 Å². The lowest BCUT2D eigenvalue weighted by molar-refractivity contribution is -0.124. The maximum absolute atomic E-state index is 12.8. The normalized spacial score (nSPS) is 18.3. The van der Waals surface area contributed by atoms with Crippen LogP contribution in [-0.4, -0.2) is 42.4 Å². The molecule has 0 spiro atoms. The number of carbonyl (C=O) groups is 1. The predicted octanol–water partition coefficient (Wildman–Crippen LogP) is 2.04. The maximum Gasteiger partial charge on any atom is 0.258 e. The number of amides is 1. The van der Waals surface area contributed by atoms with Crippen LogP contribution in [0.3, 0.4) is 0 Å². The van der Waals surface area contributed by atoms with E-state index in [1.165, 1.54) is 34.8 Å². The Kier molecular flexibility index (Phi) is 5.65. The molecule has 1 amide bonds. The van der Waals surface area contributed by atoms with E-state index in [0.717, 1.165) is 5.56 Å². The third-order valence-electron chi connectivity index (χ3n) is 4.00. The van der Waals surface area contributed by atoms with Gasteiger partial charge in [0.05, 0.1) is 11.1 Å². The van der Waals surface area contributed by atoms with Crippen molar-refractivity contribution in [3.05, 3.63) is 59.4 Å². The smallest absolute Gasteiger partial charge is 0.258 e. The van der Waals surface area contributed by atoms with E-state index < -0.39 is 22.0 Å². The van der Waals surface area contributed by atoms with Crippen molar-refractivity contribution >= 4 is 33.7 Å². The molecule has 1 N–H and O–H groups in total. The van der Waals surface area contributed by atoms with Gasteiger partial charge in [0.2, 0.25) is 10.0 Å². The van der Waals surface area contributed by atoms with Crippen molar-refractivity contribution in [2.45, 2.75) is 23.8 Å². The van der Waals surface area contributed by atoms with Crippen molar-refractivity contribution in [1.29, 1.82) is 0 Å². The lowest BCUT2D eigenvalue weighted by Gasteiger charge is -2.22. The van der Waals surface area contributed by atoms with Crippen LogP contribution in [-0.2, 0) is 14.8 Å². The molecule has 0 aliphatic carbocycles. The van der Waals surface area contributed by atoms with E-state index in [0.29, 0.717) is 17.9 Å². The lowest BCUT2D eigenvalue weighted by atomic mass is 10.2. The minimum Gasteiger partial charge on any atom is -0.271 e. The Morgan fingerprint density at radius 2 is 2.08 bits per heavy atom. The fraction of sp³-hybridized carbons (Fsp3) is 0.235. The summed E-state index contributed by atoms with van der Waals surface area (Å²) in [6, 6.07) is 8.64. The van der Waals surface area contributed by atoms with Gasteiger partial charge in [-0.2, -0.15) is 9.41 Å². The Labute approximate surface area is 156 Å². The fourth-order valence-corrected chi connectivity index (χ4v) is 4.51. The van der Waals surface area contributed by atoms with Crippen molar-refractivity contribution in [2.24, 2.45) is 5.10 Å². The Bertz CT molecular complexity index is 901. The minimum atomic E-state index is -3.77. The van der Waals surface area contributed by atoms with E-state index in [-0.39, 0.29) is 11.4 Å². The third-order valence-corrected chi connectivity index (χ3v) is 6.17. The number of aromatic nitrogens is 1. The first-order valence-electron chi connectivity index (χ1n) is 7.99. The number of nitrogens with one attached hydrogen (secondary N) is 1. The average molecular weight is 393 g/mol. The molecule has 1 aliphatic heterocycles. The molecule has 1 aromatic carbocycles. The molecule has 0 bridgehead atoms. The highest BCUT2D eigenvalue weighted by atomic mass is 35.5. The summed E-state index contributed by atoms with van der Waals surface area (Å²) in [5.74, 6) is -0.458. The second-order valence-corrected chi connectivity index (χ2v) is 8.08. The zero-order valence-corrected chi connectivity index (χ0v) is 15.3. The molecule has 1 aliphatic rings. The molecule has 1 fully saturated rings. The fourth-order valence-electron chi connectivity index (χ4n) is 2.73. The van der Waals surface area contributed by atoms with Crippen LogP contribution in [0.1, 0.15) is 18.4 Å². The van der Waals surface area contributed by atoms with Gasteiger partial charge in [0.25, 0.3) is 5.91 Å². The van der Waals surface area contributed by atoms with Gasteiger partial charge in [-0.15, -0.1) is 0 Å². The summed E-state index contributed by atoms with van der Waals surface area (Å²) in [5, 5.41) is 4.33. The molecule has 1 atom stereocenters. The van der Waals surface area contributed by atoms with Gasteiger partial charge < -0.3 is 0 Å². The number of rotatable bonds is 5. The van der Waals surface area contributed by atoms with Crippen LogP contribution in [0, 0.1) is 0 Å². The Hall–Kier alpha value is -2.29. The van der Waals surface area contributed by atoms with Crippen molar-refractivity contribution < 1.29 is 13.2 Å². The summed E-state index contributed by atoms with van der Waals surface area (Å²) < 4.78 is 26.8. The monoisotopic (exact) mass is 392 g/mol. The topological polar surface area (TPSA) is 91.7 Å². The van der Waals surface area contributed by atoms with Crippen LogP contribution >= 0.6 is 11.6 Å².